The Morgan fingerprint density at radius 1 is 1.03 bits per heavy atom. The molecule has 0 fully saturated rings. The van der Waals surface area contributed by atoms with Gasteiger partial charge in [0.1, 0.15) is 0 Å². The van der Waals surface area contributed by atoms with Crippen LogP contribution in [0.15, 0.2) is 65.5 Å². The number of aryl methyl sites for hydroxylation is 2. The maximum Gasteiger partial charge on any atom is 0.260 e. The molecule has 6 heteroatoms. The number of H-pyrrole nitrogens is 1. The highest BCUT2D eigenvalue weighted by Crippen LogP contribution is 2.33. The number of hydrogen-bond acceptors (Lipinski definition) is 5. The maximum absolute atomic E-state index is 12.8. The minimum Gasteiger partial charge on any atom is -0.326 e. The van der Waals surface area contributed by atoms with Crippen LogP contribution in [0.2, 0.25) is 0 Å². The fraction of sp³-hybridized carbons (Fsp3) is 0.0769. The second-order valence-corrected chi connectivity index (χ2v) is 7.42. The molecule has 0 aliphatic carbocycles. The Morgan fingerprint density at radius 3 is 2.41 bits per heavy atom. The van der Waals surface area contributed by atoms with Crippen molar-refractivity contribution in [3.8, 4) is 23.3 Å². The van der Waals surface area contributed by atoms with Crippen LogP contribution in [-0.4, -0.2) is 9.97 Å². The van der Waals surface area contributed by atoms with E-state index in [0.717, 1.165) is 27.8 Å². The summed E-state index contributed by atoms with van der Waals surface area (Å²) in [4.78, 5) is 20.3. The molecule has 3 aromatic carbocycles. The van der Waals surface area contributed by atoms with Gasteiger partial charge in [-0.05, 0) is 72.5 Å². The van der Waals surface area contributed by atoms with Gasteiger partial charge in [-0.2, -0.15) is 10.5 Å². The number of benzene rings is 3. The van der Waals surface area contributed by atoms with E-state index in [1.807, 2.05) is 44.2 Å². The van der Waals surface area contributed by atoms with Crippen LogP contribution in [0.3, 0.4) is 0 Å². The number of rotatable bonds is 4. The van der Waals surface area contributed by atoms with E-state index >= 15 is 0 Å². The summed E-state index contributed by atoms with van der Waals surface area (Å²) in [7, 11) is 0. The highest BCUT2D eigenvalue weighted by molar-refractivity contribution is 5.95. The van der Waals surface area contributed by atoms with Gasteiger partial charge in [-0.25, -0.2) is 4.98 Å². The molecule has 0 atom stereocenters. The maximum atomic E-state index is 12.8. The number of hydrogen-bond donors (Lipinski definition) is 2. The number of aromatic amines is 1. The second kappa shape index (κ2) is 8.59. The predicted molar refractivity (Wildman–Crippen MR) is 126 cm³/mol. The van der Waals surface area contributed by atoms with Gasteiger partial charge in [-0.1, -0.05) is 24.3 Å². The zero-order valence-corrected chi connectivity index (χ0v) is 17.6. The molecule has 0 bridgehead atoms. The minimum absolute atomic E-state index is 0.239. The Kier molecular flexibility index (Phi) is 5.53. The van der Waals surface area contributed by atoms with Gasteiger partial charge >= 0.3 is 0 Å². The average Bonchev–Trinajstić information content (AvgIpc) is 2.78. The van der Waals surface area contributed by atoms with Crippen molar-refractivity contribution in [3.05, 3.63) is 93.3 Å². The topological polar surface area (TPSA) is 105 Å². The van der Waals surface area contributed by atoms with Gasteiger partial charge in [-0.3, -0.25) is 9.78 Å². The van der Waals surface area contributed by atoms with Crippen molar-refractivity contribution in [2.75, 3.05) is 5.32 Å². The number of aromatic nitrogens is 2. The lowest BCUT2D eigenvalue weighted by Gasteiger charge is -2.14. The third kappa shape index (κ3) is 3.98. The number of fused-ring (bicyclic) bond motifs is 1. The predicted octanol–water partition coefficient (Wildman–Crippen LogP) is 5.36. The lowest BCUT2D eigenvalue weighted by Crippen LogP contribution is -2.12. The van der Waals surface area contributed by atoms with E-state index in [-0.39, 0.29) is 5.56 Å². The molecule has 154 valence electrons. The summed E-state index contributed by atoms with van der Waals surface area (Å²) < 4.78 is 0. The lowest BCUT2D eigenvalue weighted by atomic mass is 9.92. The molecule has 0 amide bonds. The van der Waals surface area contributed by atoms with E-state index in [4.69, 9.17) is 15.5 Å². The van der Waals surface area contributed by atoms with Crippen molar-refractivity contribution in [1.29, 1.82) is 10.5 Å². The molecule has 32 heavy (non-hydrogen) atoms. The van der Waals surface area contributed by atoms with Crippen LogP contribution in [0.1, 0.15) is 22.3 Å². The molecule has 1 aromatic heterocycles. The number of para-hydroxylation sites is 1. The van der Waals surface area contributed by atoms with Gasteiger partial charge in [0.2, 0.25) is 5.95 Å². The molecule has 0 saturated carbocycles. The van der Waals surface area contributed by atoms with Crippen LogP contribution >= 0.6 is 0 Å². The fourth-order valence-electron chi connectivity index (χ4n) is 3.84. The van der Waals surface area contributed by atoms with Crippen molar-refractivity contribution >= 4 is 28.6 Å². The summed E-state index contributed by atoms with van der Waals surface area (Å²) in [5, 5.41) is 21.4. The van der Waals surface area contributed by atoms with Crippen molar-refractivity contribution in [2.24, 2.45) is 0 Å². The quantitative estimate of drug-likeness (QED) is 0.435. The zero-order chi connectivity index (χ0) is 22.7. The third-order valence-electron chi connectivity index (χ3n) is 5.19. The number of nitriles is 2. The van der Waals surface area contributed by atoms with Gasteiger partial charge in [0.15, 0.2) is 0 Å². The number of nitrogens with one attached hydrogen (secondary N) is 2. The van der Waals surface area contributed by atoms with Crippen molar-refractivity contribution in [1.82, 2.24) is 9.97 Å². The fourth-order valence-corrected chi connectivity index (χ4v) is 3.84. The number of anilines is 2. The van der Waals surface area contributed by atoms with E-state index in [1.165, 1.54) is 6.08 Å². The Bertz CT molecular complexity index is 1480. The molecule has 6 nitrogen and oxygen atoms in total. The lowest BCUT2D eigenvalue weighted by molar-refractivity contribution is 1.17. The Morgan fingerprint density at radius 2 is 1.75 bits per heavy atom. The summed E-state index contributed by atoms with van der Waals surface area (Å²) in [5.74, 6) is 0.323. The largest absolute Gasteiger partial charge is 0.326 e. The molecular weight excluding hydrogens is 398 g/mol. The third-order valence-corrected chi connectivity index (χ3v) is 5.19. The molecule has 0 aliphatic rings. The first-order valence-corrected chi connectivity index (χ1v) is 9.98. The van der Waals surface area contributed by atoms with Crippen molar-refractivity contribution < 1.29 is 0 Å². The minimum atomic E-state index is -0.239. The molecule has 0 radical (unpaired) electrons. The van der Waals surface area contributed by atoms with Crippen LogP contribution in [0, 0.1) is 36.5 Å². The molecule has 1 heterocycles. The van der Waals surface area contributed by atoms with Crippen LogP contribution in [0.25, 0.3) is 28.1 Å². The van der Waals surface area contributed by atoms with Crippen molar-refractivity contribution in [3.63, 3.8) is 0 Å². The molecular formula is C26H19N5O. The van der Waals surface area contributed by atoms with Gasteiger partial charge < -0.3 is 5.32 Å². The summed E-state index contributed by atoms with van der Waals surface area (Å²) in [6, 6.07) is 20.6. The van der Waals surface area contributed by atoms with E-state index < -0.39 is 0 Å². The van der Waals surface area contributed by atoms with Gasteiger partial charge in [-0.15, -0.1) is 0 Å². The van der Waals surface area contributed by atoms with E-state index in [0.29, 0.717) is 28.1 Å². The number of nitrogens with zero attached hydrogens (tertiary/aromatic N) is 3. The second-order valence-electron chi connectivity index (χ2n) is 7.42. The molecule has 4 aromatic rings. The Hall–Kier alpha value is -4.68. The molecule has 2 N–H and O–H groups in total. The van der Waals surface area contributed by atoms with Crippen molar-refractivity contribution in [2.45, 2.75) is 13.8 Å². The zero-order valence-electron chi connectivity index (χ0n) is 17.6. The molecule has 0 saturated heterocycles. The van der Waals surface area contributed by atoms with E-state index in [9.17, 15) is 4.79 Å². The highest BCUT2D eigenvalue weighted by Gasteiger charge is 2.14. The highest BCUT2D eigenvalue weighted by atomic mass is 16.1. The monoisotopic (exact) mass is 417 g/mol. The van der Waals surface area contributed by atoms with Crippen LogP contribution in [0.5, 0.6) is 0 Å². The first kappa shape index (κ1) is 20.6. The van der Waals surface area contributed by atoms with E-state index in [1.54, 1.807) is 36.4 Å². The molecule has 0 aliphatic heterocycles. The van der Waals surface area contributed by atoms with Crippen LogP contribution < -0.4 is 10.9 Å². The smallest absolute Gasteiger partial charge is 0.260 e. The molecule has 0 spiro atoms. The standard InChI is InChI=1S/C26H19N5O/c1-16-13-19(5-4-12-27)14-17(2)23(16)21-6-3-7-22-24(21)30-26(31-25(22)32)29-20-10-8-18(15-28)9-11-20/h3-11,13-14H,1-2H3,(H2,29,30,31,32)/b5-4+. The summed E-state index contributed by atoms with van der Waals surface area (Å²) >= 11 is 0. The SMILES string of the molecule is Cc1cc(/C=C/C#N)cc(C)c1-c1cccc2c(=O)[nH]c(Nc3ccc(C#N)cc3)nc12. The van der Waals surface area contributed by atoms with E-state index in [2.05, 4.69) is 16.4 Å². The van der Waals surface area contributed by atoms with Crippen LogP contribution in [-0.2, 0) is 0 Å². The molecule has 0 unspecified atom stereocenters. The molecule has 4 rings (SSSR count). The normalized spacial score (nSPS) is 10.8. The summed E-state index contributed by atoms with van der Waals surface area (Å²) in [6.07, 6.45) is 3.23. The Labute approximate surface area is 185 Å². The van der Waals surface area contributed by atoms with Gasteiger partial charge in [0.25, 0.3) is 5.56 Å². The van der Waals surface area contributed by atoms with Gasteiger partial charge in [0, 0.05) is 17.3 Å². The number of allylic oxidation sites excluding steroid dienone is 1. The average molecular weight is 417 g/mol. The summed E-state index contributed by atoms with van der Waals surface area (Å²) in [5.41, 5.74) is 6.49. The first-order valence-electron chi connectivity index (χ1n) is 9.98. The summed E-state index contributed by atoms with van der Waals surface area (Å²) in [6.45, 7) is 4.02. The van der Waals surface area contributed by atoms with Gasteiger partial charge in [0.05, 0.1) is 28.6 Å². The first-order chi connectivity index (χ1) is 15.5. The Balaban J connectivity index is 1.84. The van der Waals surface area contributed by atoms with Crippen LogP contribution in [0.4, 0.5) is 11.6 Å².